The molecule has 34 heavy (non-hydrogen) atoms. The van der Waals surface area contributed by atoms with Crippen molar-refractivity contribution in [2.75, 3.05) is 30.1 Å². The predicted molar refractivity (Wildman–Crippen MR) is 118 cm³/mol. The van der Waals surface area contributed by atoms with Crippen LogP contribution in [0.1, 0.15) is 33.9 Å². The van der Waals surface area contributed by atoms with Crippen LogP contribution in [0, 0.1) is 0 Å². The molecule has 1 atom stereocenters. The third-order valence-electron chi connectivity index (χ3n) is 5.17. The number of nitrogens with zero attached hydrogens (tertiary/aromatic N) is 3. The molecule has 0 bridgehead atoms. The number of aliphatic hydroxyl groups is 1. The number of amides is 1. The smallest absolute Gasteiger partial charge is 0.395 e. The van der Waals surface area contributed by atoms with Crippen molar-refractivity contribution in [3.05, 3.63) is 77.5 Å². The largest absolute Gasteiger partial charge is 0.421 e. The molecule has 1 unspecified atom stereocenters. The summed E-state index contributed by atoms with van der Waals surface area (Å²) in [4.78, 5) is 25.5. The molecule has 1 amide bonds. The fraction of sp³-hybridized carbons (Fsp3) is 0.261. The van der Waals surface area contributed by atoms with E-state index in [2.05, 4.69) is 20.6 Å². The summed E-state index contributed by atoms with van der Waals surface area (Å²) in [6.07, 6.45) is -3.44. The van der Waals surface area contributed by atoms with Crippen LogP contribution in [0.2, 0.25) is 0 Å². The Kier molecular flexibility index (Phi) is 6.94. The first kappa shape index (κ1) is 23.5. The molecule has 3 N–H and O–H groups in total. The Morgan fingerprint density at radius 2 is 1.88 bits per heavy atom. The van der Waals surface area contributed by atoms with Gasteiger partial charge in [0.1, 0.15) is 5.56 Å². The van der Waals surface area contributed by atoms with Gasteiger partial charge >= 0.3 is 6.18 Å². The highest BCUT2D eigenvalue weighted by atomic mass is 19.4. The average molecular weight is 473 g/mol. The molecule has 1 aliphatic rings. The van der Waals surface area contributed by atoms with Crippen molar-refractivity contribution in [3.8, 4) is 0 Å². The van der Waals surface area contributed by atoms with Gasteiger partial charge in [0.15, 0.2) is 5.82 Å². The Morgan fingerprint density at radius 1 is 1.15 bits per heavy atom. The second-order valence-corrected chi connectivity index (χ2v) is 7.48. The highest BCUT2D eigenvalue weighted by molar-refractivity contribution is 5.94. The van der Waals surface area contributed by atoms with E-state index in [0.29, 0.717) is 17.7 Å². The summed E-state index contributed by atoms with van der Waals surface area (Å²) < 4.78 is 41.3. The van der Waals surface area contributed by atoms with Crippen molar-refractivity contribution in [2.24, 2.45) is 0 Å². The molecule has 0 spiro atoms. The van der Waals surface area contributed by atoms with E-state index in [4.69, 9.17) is 9.94 Å². The van der Waals surface area contributed by atoms with Crippen molar-refractivity contribution in [2.45, 2.75) is 18.6 Å². The SMILES string of the molecule is O=C(NCCO)c1ccc(Nc2ncc(C(F)(F)F)c(N3OCCC3c3ccccc3)n2)cc1. The minimum absolute atomic E-state index is 0.0530. The highest BCUT2D eigenvalue weighted by Crippen LogP contribution is 2.41. The van der Waals surface area contributed by atoms with E-state index in [1.54, 1.807) is 12.1 Å². The van der Waals surface area contributed by atoms with Gasteiger partial charge in [0.05, 0.1) is 19.3 Å². The summed E-state index contributed by atoms with van der Waals surface area (Å²) in [6.45, 7) is 0.206. The zero-order chi connectivity index (χ0) is 24.1. The second-order valence-electron chi connectivity index (χ2n) is 7.48. The van der Waals surface area contributed by atoms with Crippen LogP contribution < -0.4 is 15.7 Å². The van der Waals surface area contributed by atoms with E-state index < -0.39 is 17.8 Å². The molecule has 1 aliphatic heterocycles. The molecule has 11 heteroatoms. The van der Waals surface area contributed by atoms with Gasteiger partial charge in [-0.15, -0.1) is 0 Å². The number of carbonyl (C=O) groups is 1. The van der Waals surface area contributed by atoms with Crippen LogP contribution in [0.25, 0.3) is 0 Å². The third-order valence-corrected chi connectivity index (χ3v) is 5.17. The fourth-order valence-electron chi connectivity index (χ4n) is 3.56. The summed E-state index contributed by atoms with van der Waals surface area (Å²) in [6, 6.07) is 14.9. The first-order valence-corrected chi connectivity index (χ1v) is 10.5. The Morgan fingerprint density at radius 3 is 2.56 bits per heavy atom. The van der Waals surface area contributed by atoms with Gasteiger partial charge in [-0.1, -0.05) is 30.3 Å². The van der Waals surface area contributed by atoms with Crippen LogP contribution in [0.15, 0.2) is 60.8 Å². The van der Waals surface area contributed by atoms with Crippen molar-refractivity contribution < 1.29 is 27.9 Å². The van der Waals surface area contributed by atoms with Gasteiger partial charge in [0.2, 0.25) is 5.95 Å². The van der Waals surface area contributed by atoms with E-state index in [1.807, 2.05) is 30.3 Å². The van der Waals surface area contributed by atoms with Crippen LogP contribution in [0.3, 0.4) is 0 Å². The Labute approximate surface area is 193 Å². The number of rotatable bonds is 7. The number of aromatic nitrogens is 2. The number of carbonyl (C=O) groups excluding carboxylic acids is 1. The monoisotopic (exact) mass is 473 g/mol. The lowest BCUT2D eigenvalue weighted by atomic mass is 10.0. The maximum Gasteiger partial charge on any atom is 0.421 e. The van der Waals surface area contributed by atoms with Gasteiger partial charge in [-0.2, -0.15) is 18.2 Å². The minimum atomic E-state index is -4.68. The van der Waals surface area contributed by atoms with E-state index >= 15 is 0 Å². The molecular weight excluding hydrogens is 451 g/mol. The third kappa shape index (κ3) is 5.26. The topological polar surface area (TPSA) is 99.6 Å². The highest BCUT2D eigenvalue weighted by Gasteiger charge is 2.40. The van der Waals surface area contributed by atoms with Crippen LogP contribution in [-0.2, 0) is 11.0 Å². The summed E-state index contributed by atoms with van der Waals surface area (Å²) >= 11 is 0. The number of hydrogen-bond acceptors (Lipinski definition) is 7. The lowest BCUT2D eigenvalue weighted by molar-refractivity contribution is -0.138. The quantitative estimate of drug-likeness (QED) is 0.480. The number of hydrogen-bond donors (Lipinski definition) is 3. The van der Waals surface area contributed by atoms with Crippen LogP contribution in [-0.4, -0.2) is 40.7 Å². The molecule has 3 aromatic rings. The number of anilines is 3. The Hall–Kier alpha value is -3.70. The number of alkyl halides is 3. The number of nitrogens with one attached hydrogen (secondary N) is 2. The first-order chi connectivity index (χ1) is 16.4. The van der Waals surface area contributed by atoms with Crippen LogP contribution in [0.5, 0.6) is 0 Å². The minimum Gasteiger partial charge on any atom is -0.395 e. The van der Waals surface area contributed by atoms with Crippen molar-refractivity contribution in [1.29, 1.82) is 0 Å². The molecular formula is C23H22F3N5O3. The molecule has 2 aromatic carbocycles. The molecule has 1 aromatic heterocycles. The molecule has 2 heterocycles. The summed E-state index contributed by atoms with van der Waals surface area (Å²) in [5.41, 5.74) is 0.656. The number of benzene rings is 2. The number of hydroxylamine groups is 1. The van der Waals surface area contributed by atoms with Gasteiger partial charge in [-0.05, 0) is 29.8 Å². The molecule has 0 aliphatic carbocycles. The number of halogens is 3. The lowest BCUT2D eigenvalue weighted by Crippen LogP contribution is -2.26. The molecule has 178 valence electrons. The van der Waals surface area contributed by atoms with Crippen molar-refractivity contribution in [3.63, 3.8) is 0 Å². The van der Waals surface area contributed by atoms with Gasteiger partial charge in [-0.25, -0.2) is 10.0 Å². The van der Waals surface area contributed by atoms with Crippen molar-refractivity contribution in [1.82, 2.24) is 15.3 Å². The second kappa shape index (κ2) is 10.1. The summed E-state index contributed by atoms with van der Waals surface area (Å²) in [5, 5.41) is 15.4. The number of aliphatic hydroxyl groups excluding tert-OH is 1. The summed E-state index contributed by atoms with van der Waals surface area (Å²) in [5.74, 6) is -0.786. The normalized spacial score (nSPS) is 15.9. The van der Waals surface area contributed by atoms with Crippen LogP contribution in [0.4, 0.5) is 30.6 Å². The Balaban J connectivity index is 1.61. The summed E-state index contributed by atoms with van der Waals surface area (Å²) in [7, 11) is 0. The van der Waals surface area contributed by atoms with Gasteiger partial charge in [0, 0.05) is 30.4 Å². The zero-order valence-corrected chi connectivity index (χ0v) is 17.9. The maximum absolute atomic E-state index is 13.8. The Bertz CT molecular complexity index is 1130. The van der Waals surface area contributed by atoms with E-state index in [-0.39, 0.29) is 37.4 Å². The van der Waals surface area contributed by atoms with E-state index in [1.165, 1.54) is 17.2 Å². The average Bonchev–Trinajstić information content (AvgIpc) is 3.33. The van der Waals surface area contributed by atoms with Gasteiger partial charge in [0.25, 0.3) is 5.91 Å². The standard InChI is InChI=1S/C23H22F3N5O3/c24-23(25,26)18-14-28-22(29-17-8-6-16(7-9-17)21(33)27-11-12-32)30-20(18)31-19(10-13-34-31)15-4-2-1-3-5-15/h1-9,14,19,32H,10-13H2,(H,27,33)(H,28,29,30). The molecule has 8 nitrogen and oxygen atoms in total. The van der Waals surface area contributed by atoms with Gasteiger partial charge < -0.3 is 15.7 Å². The molecule has 4 rings (SSSR count). The van der Waals surface area contributed by atoms with E-state index in [0.717, 1.165) is 11.8 Å². The zero-order valence-electron chi connectivity index (χ0n) is 17.9. The molecule has 1 saturated heterocycles. The predicted octanol–water partition coefficient (Wildman–Crippen LogP) is 3.84. The van der Waals surface area contributed by atoms with Gasteiger partial charge in [-0.3, -0.25) is 9.63 Å². The first-order valence-electron chi connectivity index (χ1n) is 10.5. The van der Waals surface area contributed by atoms with E-state index in [9.17, 15) is 18.0 Å². The molecule has 1 fully saturated rings. The molecule has 0 saturated carbocycles. The van der Waals surface area contributed by atoms with Crippen LogP contribution >= 0.6 is 0 Å². The van der Waals surface area contributed by atoms with Crippen molar-refractivity contribution >= 4 is 23.4 Å². The lowest BCUT2D eigenvalue weighted by Gasteiger charge is -2.26. The maximum atomic E-state index is 13.8. The fourth-order valence-corrected chi connectivity index (χ4v) is 3.56. The molecule has 0 radical (unpaired) electrons.